The lowest BCUT2D eigenvalue weighted by molar-refractivity contribution is -0.123. The maximum Gasteiger partial charge on any atom is 0.293 e. The van der Waals surface area contributed by atoms with E-state index in [-0.39, 0.29) is 24.3 Å². The van der Waals surface area contributed by atoms with Gasteiger partial charge in [0.15, 0.2) is 11.5 Å². The molecular weight excluding hydrogens is 529 g/mol. The van der Waals surface area contributed by atoms with E-state index in [0.717, 1.165) is 22.9 Å². The molecule has 4 rings (SSSR count). The van der Waals surface area contributed by atoms with Crippen LogP contribution < -0.4 is 9.47 Å². The van der Waals surface area contributed by atoms with E-state index < -0.39 is 0 Å². The van der Waals surface area contributed by atoms with Crippen LogP contribution in [0.15, 0.2) is 65.6 Å². The molecule has 0 spiro atoms. The number of hydrogen-bond donors (Lipinski definition) is 0. The van der Waals surface area contributed by atoms with Gasteiger partial charge < -0.3 is 9.47 Å². The Hall–Kier alpha value is -2.64. The average Bonchev–Trinajstić information content (AvgIpc) is 3.07. The van der Waals surface area contributed by atoms with Gasteiger partial charge >= 0.3 is 0 Å². The van der Waals surface area contributed by atoms with Crippen molar-refractivity contribution in [2.45, 2.75) is 20.1 Å². The fraction of sp³-hybridized carbons (Fsp3) is 0.154. The molecule has 1 aliphatic heterocycles. The number of benzene rings is 3. The Labute approximate surface area is 222 Å². The molecule has 1 heterocycles. The first-order chi connectivity index (χ1) is 16.8. The second-order valence-electron chi connectivity index (χ2n) is 7.56. The zero-order valence-electron chi connectivity index (χ0n) is 18.6. The van der Waals surface area contributed by atoms with Crippen molar-refractivity contribution in [2.24, 2.45) is 0 Å². The summed E-state index contributed by atoms with van der Waals surface area (Å²) in [4.78, 5) is 26.9. The van der Waals surface area contributed by atoms with Crippen LogP contribution in [-0.4, -0.2) is 22.7 Å². The lowest BCUT2D eigenvalue weighted by Gasteiger charge is -2.14. The van der Waals surface area contributed by atoms with E-state index in [1.807, 2.05) is 13.0 Å². The predicted octanol–water partition coefficient (Wildman–Crippen LogP) is 7.86. The van der Waals surface area contributed by atoms with Crippen molar-refractivity contribution >= 4 is 63.8 Å². The number of halogens is 3. The van der Waals surface area contributed by atoms with Crippen LogP contribution in [0.3, 0.4) is 0 Å². The highest BCUT2D eigenvalue weighted by Gasteiger charge is 2.35. The van der Waals surface area contributed by atoms with Crippen molar-refractivity contribution in [1.82, 2.24) is 4.90 Å². The second-order valence-corrected chi connectivity index (χ2v) is 9.83. The summed E-state index contributed by atoms with van der Waals surface area (Å²) in [5, 5.41) is 1.29. The molecule has 0 N–H and O–H groups in total. The number of thioether (sulfide) groups is 1. The van der Waals surface area contributed by atoms with E-state index in [0.29, 0.717) is 43.6 Å². The Morgan fingerprint density at radius 2 is 1.71 bits per heavy atom. The SMILES string of the molecule is CCOc1cc(/C=C2\SC(=O)N(Cc3cccc(Cl)c3)C2=O)ccc1OCc1ccc(Cl)cc1Cl. The average molecular weight is 549 g/mol. The fourth-order valence-electron chi connectivity index (χ4n) is 3.40. The van der Waals surface area contributed by atoms with Gasteiger partial charge in [0.05, 0.1) is 18.1 Å². The topological polar surface area (TPSA) is 55.8 Å². The van der Waals surface area contributed by atoms with Gasteiger partial charge in [0.25, 0.3) is 11.1 Å². The summed E-state index contributed by atoms with van der Waals surface area (Å²) in [6.07, 6.45) is 1.67. The minimum absolute atomic E-state index is 0.160. The molecule has 3 aromatic rings. The second kappa shape index (κ2) is 11.4. The van der Waals surface area contributed by atoms with E-state index in [9.17, 15) is 9.59 Å². The first kappa shape index (κ1) is 25.5. The van der Waals surface area contributed by atoms with Gasteiger partial charge in [-0.1, -0.05) is 59.1 Å². The lowest BCUT2D eigenvalue weighted by Crippen LogP contribution is -2.27. The number of amides is 2. The van der Waals surface area contributed by atoms with E-state index >= 15 is 0 Å². The summed E-state index contributed by atoms with van der Waals surface area (Å²) < 4.78 is 11.7. The first-order valence-electron chi connectivity index (χ1n) is 10.7. The molecular formula is C26H20Cl3NO4S. The molecule has 1 fully saturated rings. The van der Waals surface area contributed by atoms with Crippen LogP contribution in [-0.2, 0) is 17.9 Å². The fourth-order valence-corrected chi connectivity index (χ4v) is 4.92. The zero-order valence-corrected chi connectivity index (χ0v) is 21.7. The summed E-state index contributed by atoms with van der Waals surface area (Å²) in [5.74, 6) is 0.698. The minimum atomic E-state index is -0.351. The van der Waals surface area contributed by atoms with Crippen LogP contribution in [0, 0.1) is 0 Å². The van der Waals surface area contributed by atoms with Gasteiger partial charge in [0.2, 0.25) is 0 Å². The third-order valence-corrected chi connectivity index (χ3v) is 6.80. The van der Waals surface area contributed by atoms with Gasteiger partial charge in [-0.05, 0) is 72.3 Å². The standard InChI is InChI=1S/C26H20Cl3NO4S/c1-2-33-23-11-16(6-9-22(23)34-15-18-7-8-20(28)13-21(18)29)12-24-25(31)30(26(32)35-24)14-17-4-3-5-19(27)10-17/h3-13H,2,14-15H2,1H3/b24-12-. The number of ether oxygens (including phenoxy) is 2. The van der Waals surface area contributed by atoms with Crippen molar-refractivity contribution < 1.29 is 19.1 Å². The van der Waals surface area contributed by atoms with Gasteiger partial charge in [-0.2, -0.15) is 0 Å². The molecule has 0 aromatic heterocycles. The molecule has 0 saturated carbocycles. The molecule has 9 heteroatoms. The number of imide groups is 1. The molecule has 180 valence electrons. The number of rotatable bonds is 8. The number of carbonyl (C=O) groups is 2. The normalized spacial score (nSPS) is 14.6. The van der Waals surface area contributed by atoms with Crippen molar-refractivity contribution in [1.29, 1.82) is 0 Å². The monoisotopic (exact) mass is 547 g/mol. The zero-order chi connectivity index (χ0) is 24.9. The van der Waals surface area contributed by atoms with E-state index in [4.69, 9.17) is 44.3 Å². The van der Waals surface area contributed by atoms with Crippen LogP contribution in [0.2, 0.25) is 15.1 Å². The summed E-state index contributed by atoms with van der Waals surface area (Å²) in [6.45, 7) is 2.69. The molecule has 5 nitrogen and oxygen atoms in total. The van der Waals surface area contributed by atoms with Gasteiger partial charge in [-0.15, -0.1) is 0 Å². The maximum absolute atomic E-state index is 12.9. The highest BCUT2D eigenvalue weighted by Crippen LogP contribution is 2.36. The molecule has 0 bridgehead atoms. The van der Waals surface area contributed by atoms with Crippen LogP contribution in [0.4, 0.5) is 4.79 Å². The number of nitrogens with zero attached hydrogens (tertiary/aromatic N) is 1. The lowest BCUT2D eigenvalue weighted by atomic mass is 10.1. The smallest absolute Gasteiger partial charge is 0.293 e. The summed E-state index contributed by atoms with van der Waals surface area (Å²) >= 11 is 19.1. The Morgan fingerprint density at radius 1 is 0.914 bits per heavy atom. The van der Waals surface area contributed by atoms with Crippen LogP contribution in [0.25, 0.3) is 6.08 Å². The molecule has 1 aliphatic rings. The van der Waals surface area contributed by atoms with Crippen LogP contribution >= 0.6 is 46.6 Å². The Balaban J connectivity index is 1.51. The summed E-state index contributed by atoms with van der Waals surface area (Å²) in [5.41, 5.74) is 2.27. The van der Waals surface area contributed by atoms with Gasteiger partial charge in [0, 0.05) is 20.6 Å². The third kappa shape index (κ3) is 6.33. The number of hydrogen-bond acceptors (Lipinski definition) is 5. The third-order valence-electron chi connectivity index (χ3n) is 5.07. The van der Waals surface area contributed by atoms with Crippen LogP contribution in [0.1, 0.15) is 23.6 Å². The van der Waals surface area contributed by atoms with Crippen molar-refractivity contribution in [3.63, 3.8) is 0 Å². The quantitative estimate of drug-likeness (QED) is 0.268. The molecule has 0 aliphatic carbocycles. The molecule has 1 saturated heterocycles. The van der Waals surface area contributed by atoms with E-state index in [2.05, 4.69) is 0 Å². The predicted molar refractivity (Wildman–Crippen MR) is 141 cm³/mol. The highest BCUT2D eigenvalue weighted by atomic mass is 35.5. The van der Waals surface area contributed by atoms with Crippen molar-refractivity contribution in [3.8, 4) is 11.5 Å². The number of carbonyl (C=O) groups excluding carboxylic acids is 2. The molecule has 2 amide bonds. The summed E-state index contributed by atoms with van der Waals surface area (Å²) in [7, 11) is 0. The Morgan fingerprint density at radius 3 is 2.46 bits per heavy atom. The van der Waals surface area contributed by atoms with Crippen molar-refractivity contribution in [3.05, 3.63) is 97.3 Å². The minimum Gasteiger partial charge on any atom is -0.490 e. The summed E-state index contributed by atoms with van der Waals surface area (Å²) in [6, 6.07) is 17.6. The molecule has 0 radical (unpaired) electrons. The first-order valence-corrected chi connectivity index (χ1v) is 12.6. The maximum atomic E-state index is 12.9. The van der Waals surface area contributed by atoms with E-state index in [1.54, 1.807) is 60.7 Å². The molecule has 3 aromatic carbocycles. The van der Waals surface area contributed by atoms with Crippen LogP contribution in [0.5, 0.6) is 11.5 Å². The van der Waals surface area contributed by atoms with E-state index in [1.165, 1.54) is 4.90 Å². The van der Waals surface area contributed by atoms with Crippen molar-refractivity contribution in [2.75, 3.05) is 6.61 Å². The Kier molecular flexibility index (Phi) is 8.29. The van der Waals surface area contributed by atoms with Gasteiger partial charge in [0.1, 0.15) is 6.61 Å². The highest BCUT2D eigenvalue weighted by molar-refractivity contribution is 8.18. The molecule has 0 unspecified atom stereocenters. The largest absolute Gasteiger partial charge is 0.490 e. The molecule has 35 heavy (non-hydrogen) atoms. The Bertz CT molecular complexity index is 1310. The van der Waals surface area contributed by atoms with Gasteiger partial charge in [-0.3, -0.25) is 14.5 Å². The molecule has 0 atom stereocenters. The van der Waals surface area contributed by atoms with Gasteiger partial charge in [-0.25, -0.2) is 0 Å².